The second kappa shape index (κ2) is 5.50. The molecule has 0 amide bonds. The van der Waals surface area contributed by atoms with Gasteiger partial charge in [-0.25, -0.2) is 0 Å². The molecule has 0 bridgehead atoms. The first-order valence-electron chi connectivity index (χ1n) is 2.95. The van der Waals surface area contributed by atoms with Gasteiger partial charge < -0.3 is 10.2 Å². The molecule has 0 rings (SSSR count). The van der Waals surface area contributed by atoms with Crippen molar-refractivity contribution >= 4 is 0 Å². The van der Waals surface area contributed by atoms with Crippen LogP contribution in [0.1, 0.15) is 13.8 Å². The van der Waals surface area contributed by atoms with Crippen molar-refractivity contribution in [3.63, 3.8) is 0 Å². The Hall–Kier alpha value is -0.640. The van der Waals surface area contributed by atoms with Crippen molar-refractivity contribution in [2.75, 3.05) is 13.2 Å². The minimum Gasteiger partial charge on any atom is -0.363 e. The third-order valence-corrected chi connectivity index (χ3v) is 0.799. The molecule has 0 heterocycles. The van der Waals surface area contributed by atoms with Crippen LogP contribution in [0.2, 0.25) is 0 Å². The van der Waals surface area contributed by atoms with Crippen molar-refractivity contribution in [3.05, 3.63) is 4.91 Å². The molecule has 4 heteroatoms. The van der Waals surface area contributed by atoms with Crippen LogP contribution >= 0.6 is 0 Å². The molecule has 0 aromatic rings. The molecule has 1 N–H and O–H groups in total. The summed E-state index contributed by atoms with van der Waals surface area (Å²) in [6.45, 7) is 5.06. The summed E-state index contributed by atoms with van der Waals surface area (Å²) < 4.78 is 0. The molecular formula is C5H12N2O2. The molecule has 0 radical (unpaired) electrons. The van der Waals surface area contributed by atoms with Crippen LogP contribution in [0, 0.1) is 4.91 Å². The molecule has 0 unspecified atom stereocenters. The molecule has 0 aliphatic carbocycles. The molecule has 0 aliphatic heterocycles. The van der Waals surface area contributed by atoms with Crippen molar-refractivity contribution in [3.8, 4) is 0 Å². The van der Waals surface area contributed by atoms with E-state index in [4.69, 9.17) is 0 Å². The third kappa shape index (κ3) is 7.36. The lowest BCUT2D eigenvalue weighted by Crippen LogP contribution is -2.26. The summed E-state index contributed by atoms with van der Waals surface area (Å²) in [4.78, 5) is 13.5. The van der Waals surface area contributed by atoms with Gasteiger partial charge in [-0.2, -0.15) is 0 Å². The summed E-state index contributed by atoms with van der Waals surface area (Å²) in [7, 11) is 0. The summed E-state index contributed by atoms with van der Waals surface area (Å²) in [5.41, 5.74) is 0. The highest BCUT2D eigenvalue weighted by Gasteiger charge is 1.89. The summed E-state index contributed by atoms with van der Waals surface area (Å²) in [5, 5.41) is 5.30. The summed E-state index contributed by atoms with van der Waals surface area (Å²) in [6.07, 6.45) is 0. The van der Waals surface area contributed by atoms with Gasteiger partial charge in [-0.05, 0) is 0 Å². The van der Waals surface area contributed by atoms with E-state index in [-0.39, 0.29) is 0 Å². The predicted octanol–water partition coefficient (Wildman–Crippen LogP) is 0.682. The van der Waals surface area contributed by atoms with Crippen LogP contribution in [0.25, 0.3) is 0 Å². The van der Waals surface area contributed by atoms with Gasteiger partial charge in [0.2, 0.25) is 0 Å². The monoisotopic (exact) mass is 132 g/mol. The van der Waals surface area contributed by atoms with Crippen LogP contribution in [0.3, 0.4) is 0 Å². The maximum Gasteiger partial charge on any atom is 0.155 e. The van der Waals surface area contributed by atoms with Gasteiger partial charge in [-0.3, -0.25) is 0 Å². The van der Waals surface area contributed by atoms with Gasteiger partial charge in [-0.15, -0.1) is 4.91 Å². The Labute approximate surface area is 54.5 Å². The minimum atomic E-state index is 0.349. The maximum atomic E-state index is 9.35. The third-order valence-electron chi connectivity index (χ3n) is 0.799. The zero-order chi connectivity index (χ0) is 7.11. The van der Waals surface area contributed by atoms with Gasteiger partial charge in [0.1, 0.15) is 6.61 Å². The maximum absolute atomic E-state index is 9.35. The second-order valence-electron chi connectivity index (χ2n) is 2.02. The fourth-order valence-electron chi connectivity index (χ4n) is 0.431. The zero-order valence-electron chi connectivity index (χ0n) is 5.76. The van der Waals surface area contributed by atoms with Crippen molar-refractivity contribution in [1.29, 1.82) is 0 Å². The zero-order valence-corrected chi connectivity index (χ0v) is 5.76. The Morgan fingerprint density at radius 2 is 2.33 bits per heavy atom. The van der Waals surface area contributed by atoms with Crippen LogP contribution in [0.15, 0.2) is 5.34 Å². The first kappa shape index (κ1) is 8.36. The normalized spacial score (nSPS) is 9.67. The van der Waals surface area contributed by atoms with Gasteiger partial charge in [-0.1, -0.05) is 13.8 Å². The van der Waals surface area contributed by atoms with E-state index in [1.807, 2.05) is 13.8 Å². The Morgan fingerprint density at radius 1 is 1.67 bits per heavy atom. The Kier molecular flexibility index (Phi) is 5.11. The van der Waals surface area contributed by atoms with Gasteiger partial charge in [0.25, 0.3) is 0 Å². The average Bonchev–Trinajstić information content (AvgIpc) is 1.80. The van der Waals surface area contributed by atoms with Gasteiger partial charge in [0, 0.05) is 12.6 Å². The quantitative estimate of drug-likeness (QED) is 0.340. The molecule has 0 fully saturated rings. The average molecular weight is 132 g/mol. The van der Waals surface area contributed by atoms with Crippen LogP contribution < -0.4 is 5.32 Å². The lowest BCUT2D eigenvalue weighted by Gasteiger charge is -2.04. The van der Waals surface area contributed by atoms with E-state index in [9.17, 15) is 4.91 Å². The summed E-state index contributed by atoms with van der Waals surface area (Å²) in [5.74, 6) is 0. The van der Waals surface area contributed by atoms with Crippen LogP contribution in [0.4, 0.5) is 0 Å². The predicted molar refractivity (Wildman–Crippen MR) is 34.9 cm³/mol. The van der Waals surface area contributed by atoms with E-state index in [1.54, 1.807) is 0 Å². The van der Waals surface area contributed by atoms with E-state index in [2.05, 4.69) is 15.5 Å². The number of hydrogen-bond acceptors (Lipinski definition) is 4. The Morgan fingerprint density at radius 3 is 2.78 bits per heavy atom. The van der Waals surface area contributed by atoms with E-state index < -0.39 is 0 Å². The molecule has 54 valence electrons. The molecule has 0 aromatic heterocycles. The lowest BCUT2D eigenvalue weighted by molar-refractivity contribution is 0.140. The fraction of sp³-hybridized carbons (Fsp3) is 1.00. The van der Waals surface area contributed by atoms with Crippen molar-refractivity contribution in [2.45, 2.75) is 19.9 Å². The highest BCUT2D eigenvalue weighted by Crippen LogP contribution is 1.76. The topological polar surface area (TPSA) is 50.7 Å². The number of hydrogen-bond donors (Lipinski definition) is 1. The second-order valence-corrected chi connectivity index (χ2v) is 2.02. The summed E-state index contributed by atoms with van der Waals surface area (Å²) in [6, 6.07) is 0.431. The summed E-state index contributed by atoms with van der Waals surface area (Å²) >= 11 is 0. The molecule has 0 saturated carbocycles. The standard InChI is InChI=1S/C5H12N2O2/c1-5(2)6-3-4-9-7-8/h5-6H,3-4H2,1-2H3. The van der Waals surface area contributed by atoms with Crippen LogP contribution in [-0.4, -0.2) is 19.2 Å². The fourth-order valence-corrected chi connectivity index (χ4v) is 0.431. The molecular weight excluding hydrogens is 120 g/mol. The molecule has 0 aromatic carbocycles. The first-order chi connectivity index (χ1) is 4.27. The van der Waals surface area contributed by atoms with Crippen molar-refractivity contribution in [2.24, 2.45) is 5.34 Å². The SMILES string of the molecule is CC(C)NCCON=O. The number of nitrogens with zero attached hydrogens (tertiary/aromatic N) is 1. The van der Waals surface area contributed by atoms with Crippen molar-refractivity contribution < 1.29 is 4.84 Å². The minimum absolute atomic E-state index is 0.349. The molecule has 9 heavy (non-hydrogen) atoms. The van der Waals surface area contributed by atoms with E-state index in [0.29, 0.717) is 19.2 Å². The smallest absolute Gasteiger partial charge is 0.155 e. The largest absolute Gasteiger partial charge is 0.363 e. The van der Waals surface area contributed by atoms with Gasteiger partial charge in [0.05, 0.1) is 0 Å². The Bertz CT molecular complexity index is 75.4. The Balaban J connectivity index is 2.82. The number of rotatable bonds is 5. The molecule has 0 atom stereocenters. The van der Waals surface area contributed by atoms with Crippen LogP contribution in [-0.2, 0) is 4.84 Å². The van der Waals surface area contributed by atoms with E-state index in [0.717, 1.165) is 0 Å². The molecule has 0 saturated heterocycles. The van der Waals surface area contributed by atoms with E-state index in [1.165, 1.54) is 0 Å². The highest BCUT2D eigenvalue weighted by molar-refractivity contribution is 4.49. The van der Waals surface area contributed by atoms with Gasteiger partial charge >= 0.3 is 0 Å². The van der Waals surface area contributed by atoms with Gasteiger partial charge in [0.15, 0.2) is 5.34 Å². The number of nitrogens with one attached hydrogen (secondary N) is 1. The first-order valence-corrected chi connectivity index (χ1v) is 2.95. The van der Waals surface area contributed by atoms with Crippen LogP contribution in [0.5, 0.6) is 0 Å². The lowest BCUT2D eigenvalue weighted by atomic mass is 10.4. The van der Waals surface area contributed by atoms with Crippen molar-refractivity contribution in [1.82, 2.24) is 5.32 Å². The molecule has 4 nitrogen and oxygen atoms in total. The molecule has 0 aliphatic rings. The molecule has 0 spiro atoms. The highest BCUT2D eigenvalue weighted by atomic mass is 16.7. The van der Waals surface area contributed by atoms with E-state index >= 15 is 0 Å².